The van der Waals surface area contributed by atoms with Gasteiger partial charge in [0.05, 0.1) is 0 Å². The number of rotatable bonds is 5. The van der Waals surface area contributed by atoms with Gasteiger partial charge in [-0.3, -0.25) is 14.4 Å². The van der Waals surface area contributed by atoms with Crippen molar-refractivity contribution in [2.24, 2.45) is 0 Å². The summed E-state index contributed by atoms with van der Waals surface area (Å²) in [5, 5.41) is 10.1. The van der Waals surface area contributed by atoms with Crippen LogP contribution in [-0.4, -0.2) is 24.3 Å². The van der Waals surface area contributed by atoms with Crippen LogP contribution in [0.2, 0.25) is 0 Å². The van der Waals surface area contributed by atoms with Crippen LogP contribution in [0.5, 0.6) is 0 Å². The Bertz CT molecular complexity index is 842. The number of hydrogen-bond donors (Lipinski definition) is 3. The molecule has 0 radical (unpaired) electrons. The van der Waals surface area contributed by atoms with E-state index in [2.05, 4.69) is 27.4 Å². The summed E-state index contributed by atoms with van der Waals surface area (Å²) < 4.78 is 0. The molecule has 1 fully saturated rings. The van der Waals surface area contributed by atoms with E-state index in [9.17, 15) is 14.4 Å². The van der Waals surface area contributed by atoms with Gasteiger partial charge in [-0.1, -0.05) is 31.4 Å². The second kappa shape index (κ2) is 9.01. The van der Waals surface area contributed by atoms with Crippen molar-refractivity contribution in [2.45, 2.75) is 44.4 Å². The summed E-state index contributed by atoms with van der Waals surface area (Å²) >= 11 is 1.71. The maximum absolute atomic E-state index is 12.4. The highest BCUT2D eigenvalue weighted by atomic mass is 32.1. The zero-order valence-corrected chi connectivity index (χ0v) is 16.7. The largest absolute Gasteiger partial charge is 0.347 e. The lowest BCUT2D eigenvalue weighted by molar-refractivity contribution is -0.136. The molecule has 148 valence electrons. The van der Waals surface area contributed by atoms with E-state index in [1.54, 1.807) is 35.6 Å². The number of benzene rings is 1. The van der Waals surface area contributed by atoms with Gasteiger partial charge < -0.3 is 16.0 Å². The first kappa shape index (κ1) is 20.1. The Kier molecular flexibility index (Phi) is 6.46. The minimum atomic E-state index is -0.711. The maximum Gasteiger partial charge on any atom is 0.313 e. The lowest BCUT2D eigenvalue weighted by Gasteiger charge is -2.36. The van der Waals surface area contributed by atoms with Crippen molar-refractivity contribution < 1.29 is 14.4 Å². The van der Waals surface area contributed by atoms with E-state index in [0.717, 1.165) is 25.7 Å². The third-order valence-electron chi connectivity index (χ3n) is 5.09. The van der Waals surface area contributed by atoms with E-state index in [1.807, 2.05) is 6.07 Å². The summed E-state index contributed by atoms with van der Waals surface area (Å²) in [5.41, 5.74) is 0.940. The van der Waals surface area contributed by atoms with Gasteiger partial charge >= 0.3 is 11.8 Å². The van der Waals surface area contributed by atoms with Crippen LogP contribution < -0.4 is 16.0 Å². The monoisotopic (exact) mass is 399 g/mol. The fourth-order valence-electron chi connectivity index (χ4n) is 3.71. The first-order chi connectivity index (χ1) is 13.5. The van der Waals surface area contributed by atoms with E-state index >= 15 is 0 Å². The van der Waals surface area contributed by atoms with Crippen molar-refractivity contribution in [1.82, 2.24) is 5.32 Å². The van der Waals surface area contributed by atoms with Gasteiger partial charge in [0.15, 0.2) is 0 Å². The molecule has 0 unspecified atom stereocenters. The second-order valence-electron chi connectivity index (χ2n) is 7.22. The van der Waals surface area contributed by atoms with E-state index in [-0.39, 0.29) is 11.3 Å². The molecule has 0 aliphatic heterocycles. The molecule has 2 aromatic rings. The average Bonchev–Trinajstić information content (AvgIpc) is 3.22. The van der Waals surface area contributed by atoms with Gasteiger partial charge in [0, 0.05) is 35.1 Å². The topological polar surface area (TPSA) is 87.3 Å². The summed E-state index contributed by atoms with van der Waals surface area (Å²) in [6.45, 7) is 1.87. The highest BCUT2D eigenvalue weighted by Gasteiger charge is 2.35. The molecule has 7 heteroatoms. The van der Waals surface area contributed by atoms with Crippen molar-refractivity contribution in [1.29, 1.82) is 0 Å². The van der Waals surface area contributed by atoms with Crippen LogP contribution in [0, 0.1) is 0 Å². The van der Waals surface area contributed by atoms with Gasteiger partial charge in [-0.15, -0.1) is 11.3 Å². The molecule has 1 aliphatic rings. The van der Waals surface area contributed by atoms with Gasteiger partial charge in [-0.05, 0) is 42.5 Å². The van der Waals surface area contributed by atoms with Crippen molar-refractivity contribution in [3.63, 3.8) is 0 Å². The second-order valence-corrected chi connectivity index (χ2v) is 8.16. The molecule has 1 aliphatic carbocycles. The highest BCUT2D eigenvalue weighted by Crippen LogP contribution is 2.41. The van der Waals surface area contributed by atoms with Gasteiger partial charge in [-0.2, -0.15) is 0 Å². The summed E-state index contributed by atoms with van der Waals surface area (Å²) in [6, 6.07) is 10.9. The molecule has 0 spiro atoms. The maximum atomic E-state index is 12.4. The first-order valence-electron chi connectivity index (χ1n) is 9.49. The summed E-state index contributed by atoms with van der Waals surface area (Å²) in [6.07, 6.45) is 5.53. The van der Waals surface area contributed by atoms with Crippen LogP contribution in [0.1, 0.15) is 43.9 Å². The van der Waals surface area contributed by atoms with Crippen LogP contribution in [-0.2, 0) is 19.8 Å². The molecule has 3 N–H and O–H groups in total. The minimum absolute atomic E-state index is 0.0757. The molecule has 1 aromatic carbocycles. The van der Waals surface area contributed by atoms with Gasteiger partial charge in [0.2, 0.25) is 5.91 Å². The molecule has 1 aromatic heterocycles. The number of thiophene rings is 1. The molecule has 0 bridgehead atoms. The molecule has 0 atom stereocenters. The minimum Gasteiger partial charge on any atom is -0.347 e. The molecule has 6 nitrogen and oxygen atoms in total. The van der Waals surface area contributed by atoms with Crippen molar-refractivity contribution in [3.05, 3.63) is 46.7 Å². The number of nitrogens with one attached hydrogen (secondary N) is 3. The molecule has 3 rings (SSSR count). The predicted octanol–water partition coefficient (Wildman–Crippen LogP) is 3.66. The van der Waals surface area contributed by atoms with Gasteiger partial charge in [-0.25, -0.2) is 0 Å². The lowest BCUT2D eigenvalue weighted by Crippen LogP contribution is -2.45. The van der Waals surface area contributed by atoms with Crippen molar-refractivity contribution in [3.8, 4) is 0 Å². The first-order valence-corrected chi connectivity index (χ1v) is 10.4. The van der Waals surface area contributed by atoms with Crippen molar-refractivity contribution >= 4 is 40.4 Å². The summed E-state index contributed by atoms with van der Waals surface area (Å²) in [7, 11) is 0. The molecule has 3 amide bonds. The SMILES string of the molecule is CC(=O)Nc1cccc(NC(=O)C(=O)NCC2(c3cccs3)CCCCC2)c1. The Balaban J connectivity index is 1.61. The molecular weight excluding hydrogens is 374 g/mol. The summed E-state index contributed by atoms with van der Waals surface area (Å²) in [4.78, 5) is 37.1. The number of anilines is 2. The van der Waals surface area contributed by atoms with Crippen molar-refractivity contribution in [2.75, 3.05) is 17.2 Å². The molecule has 0 saturated heterocycles. The Hall–Kier alpha value is -2.67. The third-order valence-corrected chi connectivity index (χ3v) is 6.21. The quantitative estimate of drug-likeness (QED) is 0.671. The van der Waals surface area contributed by atoms with Crippen LogP contribution in [0.25, 0.3) is 0 Å². The lowest BCUT2D eigenvalue weighted by atomic mass is 9.73. The van der Waals surface area contributed by atoms with Crippen LogP contribution >= 0.6 is 11.3 Å². The average molecular weight is 400 g/mol. The Morgan fingerprint density at radius 1 is 0.964 bits per heavy atom. The van der Waals surface area contributed by atoms with Crippen LogP contribution in [0.4, 0.5) is 11.4 Å². The van der Waals surface area contributed by atoms with Gasteiger partial charge in [0.1, 0.15) is 0 Å². The van der Waals surface area contributed by atoms with E-state index in [4.69, 9.17) is 0 Å². The van der Waals surface area contributed by atoms with E-state index in [0.29, 0.717) is 17.9 Å². The normalized spacial score (nSPS) is 15.5. The Labute approximate surface area is 168 Å². The fraction of sp³-hybridized carbons (Fsp3) is 0.381. The third kappa shape index (κ3) is 4.98. The van der Waals surface area contributed by atoms with Gasteiger partial charge in [0.25, 0.3) is 0 Å². The smallest absolute Gasteiger partial charge is 0.313 e. The Morgan fingerprint density at radius 3 is 2.32 bits per heavy atom. The highest BCUT2D eigenvalue weighted by molar-refractivity contribution is 7.10. The molecular formula is C21H25N3O3S. The van der Waals surface area contributed by atoms with Crippen LogP contribution in [0.15, 0.2) is 41.8 Å². The number of carbonyl (C=O) groups is 3. The summed E-state index contributed by atoms with van der Waals surface area (Å²) in [5.74, 6) is -1.56. The van der Waals surface area contributed by atoms with Crippen LogP contribution in [0.3, 0.4) is 0 Å². The Morgan fingerprint density at radius 2 is 1.68 bits per heavy atom. The molecule has 1 saturated carbocycles. The predicted molar refractivity (Wildman–Crippen MR) is 111 cm³/mol. The zero-order valence-electron chi connectivity index (χ0n) is 15.9. The molecule has 28 heavy (non-hydrogen) atoms. The van der Waals surface area contributed by atoms with E-state index in [1.165, 1.54) is 18.2 Å². The fourth-order valence-corrected chi connectivity index (χ4v) is 4.70. The van der Waals surface area contributed by atoms with E-state index < -0.39 is 11.8 Å². The number of carbonyl (C=O) groups excluding carboxylic acids is 3. The zero-order chi connectivity index (χ0) is 20.0. The standard InChI is InChI=1S/C21H25N3O3S/c1-15(25)23-16-7-5-8-17(13-16)24-20(27)19(26)22-14-21(10-3-2-4-11-21)18-9-6-12-28-18/h5-9,12-13H,2-4,10-11,14H2,1H3,(H,22,26)(H,23,25)(H,24,27). The number of amides is 3. The molecule has 1 heterocycles. The number of hydrogen-bond acceptors (Lipinski definition) is 4.